The van der Waals surface area contributed by atoms with Crippen molar-refractivity contribution < 1.29 is 9.21 Å². The molecular weight excluding hydrogens is 180 g/mol. The van der Waals surface area contributed by atoms with Crippen molar-refractivity contribution >= 4 is 5.91 Å². The van der Waals surface area contributed by atoms with Gasteiger partial charge in [-0.2, -0.15) is 0 Å². The van der Waals surface area contributed by atoms with E-state index in [1.807, 2.05) is 0 Å². The lowest BCUT2D eigenvalue weighted by molar-refractivity contribution is 0.0925. The van der Waals surface area contributed by atoms with E-state index in [0.717, 1.165) is 19.3 Å². The molecule has 0 fully saturated rings. The van der Waals surface area contributed by atoms with Gasteiger partial charge in [0.25, 0.3) is 5.91 Å². The first-order chi connectivity index (χ1) is 6.84. The van der Waals surface area contributed by atoms with E-state index in [2.05, 4.69) is 5.32 Å². The minimum atomic E-state index is -0.150. The highest BCUT2D eigenvalue weighted by molar-refractivity contribution is 5.91. The molecule has 1 heterocycles. The molecule has 0 unspecified atom stereocenters. The van der Waals surface area contributed by atoms with E-state index in [0.29, 0.717) is 18.8 Å². The average Bonchev–Trinajstić information content (AvgIpc) is 2.70. The minimum absolute atomic E-state index is 0.150. The van der Waals surface area contributed by atoms with Crippen molar-refractivity contribution in [2.45, 2.75) is 19.3 Å². The summed E-state index contributed by atoms with van der Waals surface area (Å²) in [4.78, 5) is 11.3. The van der Waals surface area contributed by atoms with Crippen molar-refractivity contribution in [3.05, 3.63) is 24.2 Å². The monoisotopic (exact) mass is 196 g/mol. The normalized spacial score (nSPS) is 10.1. The first-order valence-corrected chi connectivity index (χ1v) is 4.86. The number of nitrogens with one attached hydrogen (secondary N) is 1. The predicted octanol–water partition coefficient (Wildman–Crippen LogP) is 1.14. The van der Waals surface area contributed by atoms with Crippen LogP contribution in [0.1, 0.15) is 29.8 Å². The Morgan fingerprint density at radius 1 is 1.43 bits per heavy atom. The molecule has 0 atom stereocenters. The largest absolute Gasteiger partial charge is 0.459 e. The summed E-state index contributed by atoms with van der Waals surface area (Å²) in [6.07, 6.45) is 4.51. The van der Waals surface area contributed by atoms with Gasteiger partial charge < -0.3 is 15.5 Å². The van der Waals surface area contributed by atoms with Crippen LogP contribution in [0.15, 0.2) is 22.8 Å². The topological polar surface area (TPSA) is 68.3 Å². The summed E-state index contributed by atoms with van der Waals surface area (Å²) in [7, 11) is 0. The van der Waals surface area contributed by atoms with Crippen LogP contribution < -0.4 is 11.1 Å². The van der Waals surface area contributed by atoms with E-state index in [1.165, 1.54) is 6.26 Å². The van der Waals surface area contributed by atoms with Gasteiger partial charge in [-0.25, -0.2) is 0 Å². The van der Waals surface area contributed by atoms with Gasteiger partial charge in [-0.1, -0.05) is 6.42 Å². The third kappa shape index (κ3) is 3.62. The van der Waals surface area contributed by atoms with Crippen molar-refractivity contribution in [1.29, 1.82) is 0 Å². The van der Waals surface area contributed by atoms with E-state index in [1.54, 1.807) is 12.1 Å². The van der Waals surface area contributed by atoms with Crippen LogP contribution in [0.5, 0.6) is 0 Å². The van der Waals surface area contributed by atoms with Crippen molar-refractivity contribution in [3.8, 4) is 0 Å². The molecule has 0 aliphatic rings. The lowest BCUT2D eigenvalue weighted by atomic mass is 10.2. The third-order valence-corrected chi connectivity index (χ3v) is 1.91. The first-order valence-electron chi connectivity index (χ1n) is 4.86. The Labute approximate surface area is 83.5 Å². The van der Waals surface area contributed by atoms with Crippen LogP contribution in [0.2, 0.25) is 0 Å². The van der Waals surface area contributed by atoms with Gasteiger partial charge in [0.05, 0.1) is 6.26 Å². The smallest absolute Gasteiger partial charge is 0.286 e. The molecule has 0 aliphatic carbocycles. The standard InChI is InChI=1S/C10H16N2O2/c11-6-2-1-3-7-12-10(13)9-5-4-8-14-9/h4-5,8H,1-3,6-7,11H2,(H,12,13). The number of hydrogen-bond acceptors (Lipinski definition) is 3. The molecule has 0 aliphatic heterocycles. The zero-order valence-electron chi connectivity index (χ0n) is 8.16. The Balaban J connectivity index is 2.10. The summed E-state index contributed by atoms with van der Waals surface area (Å²) < 4.78 is 4.94. The Kier molecular flexibility index (Phi) is 4.78. The molecule has 0 radical (unpaired) electrons. The van der Waals surface area contributed by atoms with Crippen molar-refractivity contribution in [2.75, 3.05) is 13.1 Å². The molecule has 1 amide bonds. The van der Waals surface area contributed by atoms with Crippen LogP contribution >= 0.6 is 0 Å². The van der Waals surface area contributed by atoms with E-state index >= 15 is 0 Å². The molecule has 1 aromatic heterocycles. The lowest BCUT2D eigenvalue weighted by Gasteiger charge is -2.01. The maximum Gasteiger partial charge on any atom is 0.286 e. The molecule has 0 aromatic carbocycles. The highest BCUT2D eigenvalue weighted by atomic mass is 16.3. The summed E-state index contributed by atoms with van der Waals surface area (Å²) in [6, 6.07) is 3.35. The zero-order chi connectivity index (χ0) is 10.2. The van der Waals surface area contributed by atoms with E-state index in [-0.39, 0.29) is 5.91 Å². The highest BCUT2D eigenvalue weighted by Crippen LogP contribution is 1.99. The second kappa shape index (κ2) is 6.21. The van der Waals surface area contributed by atoms with E-state index in [4.69, 9.17) is 10.2 Å². The summed E-state index contributed by atoms with van der Waals surface area (Å²) in [6.45, 7) is 1.39. The number of rotatable bonds is 6. The molecular formula is C10H16N2O2. The summed E-state index contributed by atoms with van der Waals surface area (Å²) in [5, 5.41) is 2.77. The van der Waals surface area contributed by atoms with Crippen molar-refractivity contribution in [2.24, 2.45) is 5.73 Å². The second-order valence-electron chi connectivity index (χ2n) is 3.08. The Hall–Kier alpha value is -1.29. The van der Waals surface area contributed by atoms with Gasteiger partial charge in [0, 0.05) is 6.54 Å². The molecule has 0 spiro atoms. The molecule has 0 saturated carbocycles. The molecule has 3 N–H and O–H groups in total. The number of nitrogens with two attached hydrogens (primary N) is 1. The van der Waals surface area contributed by atoms with Gasteiger partial charge in [0.15, 0.2) is 5.76 Å². The third-order valence-electron chi connectivity index (χ3n) is 1.91. The number of hydrogen-bond donors (Lipinski definition) is 2. The number of carbonyl (C=O) groups is 1. The van der Waals surface area contributed by atoms with Gasteiger partial charge in [-0.05, 0) is 31.5 Å². The van der Waals surface area contributed by atoms with Crippen LogP contribution in [0.3, 0.4) is 0 Å². The highest BCUT2D eigenvalue weighted by Gasteiger charge is 2.05. The van der Waals surface area contributed by atoms with Crippen LogP contribution in [0.25, 0.3) is 0 Å². The fraction of sp³-hybridized carbons (Fsp3) is 0.500. The summed E-state index contributed by atoms with van der Waals surface area (Å²) >= 11 is 0. The fourth-order valence-electron chi connectivity index (χ4n) is 1.14. The van der Waals surface area contributed by atoms with Gasteiger partial charge >= 0.3 is 0 Å². The predicted molar refractivity (Wildman–Crippen MR) is 53.9 cm³/mol. The average molecular weight is 196 g/mol. The molecule has 0 saturated heterocycles. The molecule has 14 heavy (non-hydrogen) atoms. The molecule has 78 valence electrons. The minimum Gasteiger partial charge on any atom is -0.459 e. The second-order valence-corrected chi connectivity index (χ2v) is 3.08. The van der Waals surface area contributed by atoms with Crippen LogP contribution in [-0.2, 0) is 0 Å². The Bertz CT molecular complexity index is 257. The van der Waals surface area contributed by atoms with Gasteiger partial charge in [-0.3, -0.25) is 4.79 Å². The Morgan fingerprint density at radius 2 is 2.29 bits per heavy atom. The quantitative estimate of drug-likeness (QED) is 0.670. The van der Waals surface area contributed by atoms with Gasteiger partial charge in [0.1, 0.15) is 0 Å². The van der Waals surface area contributed by atoms with Crippen molar-refractivity contribution in [1.82, 2.24) is 5.32 Å². The molecule has 1 rings (SSSR count). The molecule has 4 nitrogen and oxygen atoms in total. The maximum absolute atomic E-state index is 11.3. The molecule has 0 bridgehead atoms. The van der Waals surface area contributed by atoms with Gasteiger partial charge in [0.2, 0.25) is 0 Å². The zero-order valence-corrected chi connectivity index (χ0v) is 8.16. The first kappa shape index (κ1) is 10.8. The SMILES string of the molecule is NCCCCCNC(=O)c1ccco1. The Morgan fingerprint density at radius 3 is 2.93 bits per heavy atom. The van der Waals surface area contributed by atoms with E-state index < -0.39 is 0 Å². The number of carbonyl (C=O) groups excluding carboxylic acids is 1. The lowest BCUT2D eigenvalue weighted by Crippen LogP contribution is -2.23. The number of furan rings is 1. The molecule has 1 aromatic rings. The van der Waals surface area contributed by atoms with E-state index in [9.17, 15) is 4.79 Å². The summed E-state index contributed by atoms with van der Waals surface area (Å²) in [5.41, 5.74) is 5.35. The summed E-state index contributed by atoms with van der Waals surface area (Å²) in [5.74, 6) is 0.214. The number of unbranched alkanes of at least 4 members (excludes halogenated alkanes) is 2. The number of amides is 1. The van der Waals surface area contributed by atoms with Crippen molar-refractivity contribution in [3.63, 3.8) is 0 Å². The van der Waals surface area contributed by atoms with Crippen LogP contribution in [0.4, 0.5) is 0 Å². The molecule has 4 heteroatoms. The van der Waals surface area contributed by atoms with Crippen LogP contribution in [0, 0.1) is 0 Å². The fourth-order valence-corrected chi connectivity index (χ4v) is 1.14. The maximum atomic E-state index is 11.3. The van der Waals surface area contributed by atoms with Gasteiger partial charge in [-0.15, -0.1) is 0 Å². The van der Waals surface area contributed by atoms with Crippen LogP contribution in [-0.4, -0.2) is 19.0 Å².